The van der Waals surface area contributed by atoms with E-state index in [0.717, 1.165) is 5.92 Å². The third-order valence-electron chi connectivity index (χ3n) is 4.37. The number of allylic oxidation sites excluding steroid dienone is 1. The zero-order valence-electron chi connectivity index (χ0n) is 14.4. The summed E-state index contributed by atoms with van der Waals surface area (Å²) in [6.07, 6.45) is 7.73. The van der Waals surface area contributed by atoms with Crippen molar-refractivity contribution in [1.82, 2.24) is 10.6 Å². The van der Waals surface area contributed by atoms with Crippen LogP contribution in [0.4, 0.5) is 0 Å². The molecule has 0 saturated heterocycles. The van der Waals surface area contributed by atoms with Crippen LogP contribution in [0.15, 0.2) is 12.2 Å². The van der Waals surface area contributed by atoms with Crippen LogP contribution in [-0.4, -0.2) is 18.8 Å². The fourth-order valence-electron chi connectivity index (χ4n) is 2.60. The lowest BCUT2D eigenvalue weighted by Crippen LogP contribution is -2.54. The van der Waals surface area contributed by atoms with Crippen molar-refractivity contribution >= 4 is 0 Å². The highest BCUT2D eigenvalue weighted by Gasteiger charge is 2.36. The summed E-state index contributed by atoms with van der Waals surface area (Å²) in [5, 5.41) is 6.87. The van der Waals surface area contributed by atoms with Crippen LogP contribution in [0.2, 0.25) is 0 Å². The van der Waals surface area contributed by atoms with Gasteiger partial charge in [0.15, 0.2) is 0 Å². The van der Waals surface area contributed by atoms with Crippen molar-refractivity contribution in [3.05, 3.63) is 12.2 Å². The minimum atomic E-state index is 0.156. The molecule has 0 bridgehead atoms. The van der Waals surface area contributed by atoms with Crippen LogP contribution in [-0.2, 0) is 0 Å². The summed E-state index contributed by atoms with van der Waals surface area (Å²) < 4.78 is 0. The van der Waals surface area contributed by atoms with Crippen LogP contribution in [0.5, 0.6) is 0 Å². The molecule has 19 heavy (non-hydrogen) atoms. The third kappa shape index (κ3) is 6.09. The van der Waals surface area contributed by atoms with Gasteiger partial charge < -0.3 is 5.32 Å². The molecule has 114 valence electrons. The lowest BCUT2D eigenvalue weighted by atomic mass is 9.78. The van der Waals surface area contributed by atoms with Crippen molar-refractivity contribution in [3.8, 4) is 0 Å². The summed E-state index contributed by atoms with van der Waals surface area (Å²) in [7, 11) is 1.99. The van der Waals surface area contributed by atoms with Gasteiger partial charge in [-0.15, -0.1) is 0 Å². The van der Waals surface area contributed by atoms with E-state index in [1.165, 1.54) is 12.8 Å². The summed E-state index contributed by atoms with van der Waals surface area (Å²) in [5.41, 5.74) is 0.156. The van der Waals surface area contributed by atoms with E-state index >= 15 is 0 Å². The third-order valence-corrected chi connectivity index (χ3v) is 4.37. The molecule has 2 heteroatoms. The van der Waals surface area contributed by atoms with Crippen molar-refractivity contribution in [2.75, 3.05) is 7.05 Å². The smallest absolute Gasteiger partial charge is 0.0544 e. The quantitative estimate of drug-likeness (QED) is 0.577. The maximum atomic E-state index is 3.64. The average Bonchev–Trinajstić information content (AvgIpc) is 2.70. The van der Waals surface area contributed by atoms with Gasteiger partial charge in [-0.05, 0) is 45.6 Å². The van der Waals surface area contributed by atoms with Gasteiger partial charge in [0.25, 0.3) is 0 Å². The fraction of sp³-hybridized carbons (Fsp3) is 0.882. The molecule has 1 aliphatic rings. The first-order valence-corrected chi connectivity index (χ1v) is 7.93. The van der Waals surface area contributed by atoms with Gasteiger partial charge in [-0.1, -0.05) is 52.7 Å². The Labute approximate surface area is 121 Å². The normalized spacial score (nSPS) is 27.9. The van der Waals surface area contributed by atoms with E-state index in [1.54, 1.807) is 0 Å². The van der Waals surface area contributed by atoms with Crippen molar-refractivity contribution in [2.45, 2.75) is 73.0 Å². The Morgan fingerprint density at radius 1 is 1.11 bits per heavy atom. The molecule has 0 radical (unpaired) electrons. The number of rotatable bonds is 5. The second-order valence-electron chi connectivity index (χ2n) is 6.51. The first-order chi connectivity index (χ1) is 8.80. The van der Waals surface area contributed by atoms with Gasteiger partial charge in [-0.3, -0.25) is 5.32 Å². The summed E-state index contributed by atoms with van der Waals surface area (Å²) in [4.78, 5) is 0. The Morgan fingerprint density at radius 3 is 1.95 bits per heavy atom. The van der Waals surface area contributed by atoms with E-state index in [1.807, 2.05) is 7.05 Å². The molecule has 0 heterocycles. The second kappa shape index (κ2) is 8.76. The highest BCUT2D eigenvalue weighted by atomic mass is 15.1. The minimum absolute atomic E-state index is 0.156. The lowest BCUT2D eigenvalue weighted by Gasteiger charge is -2.38. The summed E-state index contributed by atoms with van der Waals surface area (Å²) in [6, 6.07) is 0. The van der Waals surface area contributed by atoms with Gasteiger partial charge >= 0.3 is 0 Å². The largest absolute Gasteiger partial charge is 0.305 e. The van der Waals surface area contributed by atoms with Crippen LogP contribution < -0.4 is 10.6 Å². The molecule has 2 unspecified atom stereocenters. The first-order valence-electron chi connectivity index (χ1n) is 7.93. The van der Waals surface area contributed by atoms with E-state index in [9.17, 15) is 0 Å². The summed E-state index contributed by atoms with van der Waals surface area (Å²) in [5.74, 6) is 2.07. The van der Waals surface area contributed by atoms with Crippen molar-refractivity contribution in [1.29, 1.82) is 0 Å². The fourth-order valence-corrected chi connectivity index (χ4v) is 2.60. The van der Waals surface area contributed by atoms with Crippen LogP contribution in [0.3, 0.4) is 0 Å². The van der Waals surface area contributed by atoms with Gasteiger partial charge in [0.1, 0.15) is 0 Å². The summed E-state index contributed by atoms with van der Waals surface area (Å²) in [6.45, 7) is 15.8. The Kier molecular flexibility index (Phi) is 8.60. The monoisotopic (exact) mass is 268 g/mol. The second-order valence-corrected chi connectivity index (χ2v) is 6.51. The lowest BCUT2D eigenvalue weighted by molar-refractivity contribution is 0.197. The number of hydrogen-bond acceptors (Lipinski definition) is 2. The van der Waals surface area contributed by atoms with E-state index in [4.69, 9.17) is 0 Å². The van der Waals surface area contributed by atoms with E-state index in [2.05, 4.69) is 71.3 Å². The molecule has 0 spiro atoms. The van der Waals surface area contributed by atoms with Gasteiger partial charge in [-0.25, -0.2) is 0 Å². The maximum Gasteiger partial charge on any atom is 0.0544 e. The molecule has 0 aromatic carbocycles. The number of hydrogen-bond donors (Lipinski definition) is 2. The predicted molar refractivity (Wildman–Crippen MR) is 87.3 cm³/mol. The molecule has 0 saturated carbocycles. The molecule has 2 nitrogen and oxygen atoms in total. The van der Waals surface area contributed by atoms with Crippen molar-refractivity contribution < 1.29 is 0 Å². The maximum absolute atomic E-state index is 3.64. The molecule has 0 aliphatic heterocycles. The van der Waals surface area contributed by atoms with E-state index in [0.29, 0.717) is 18.0 Å². The molecule has 4 atom stereocenters. The van der Waals surface area contributed by atoms with Crippen LogP contribution in [0.1, 0.15) is 61.3 Å². The minimum Gasteiger partial charge on any atom is -0.305 e. The zero-order valence-corrected chi connectivity index (χ0v) is 14.4. The van der Waals surface area contributed by atoms with E-state index < -0.39 is 0 Å². The molecule has 1 aliphatic carbocycles. The van der Waals surface area contributed by atoms with Crippen LogP contribution >= 0.6 is 0 Å². The molecule has 0 aromatic heterocycles. The highest BCUT2D eigenvalue weighted by Crippen LogP contribution is 2.37. The highest BCUT2D eigenvalue weighted by molar-refractivity contribution is 5.11. The SMILES string of the molecule is CCCC.CNC(C)NC(C)(C)[C@H]1C=C[C@@H](C)C1C. The predicted octanol–water partition coefficient (Wildman–Crippen LogP) is 4.18. The molecule has 0 amide bonds. The Morgan fingerprint density at radius 2 is 1.63 bits per heavy atom. The topological polar surface area (TPSA) is 24.1 Å². The van der Waals surface area contributed by atoms with Crippen molar-refractivity contribution in [3.63, 3.8) is 0 Å². The number of nitrogens with one attached hydrogen (secondary N) is 2. The Balaban J connectivity index is 0.000000711. The Hall–Kier alpha value is -0.340. The zero-order chi connectivity index (χ0) is 15.1. The molecular formula is C17H36N2. The van der Waals surface area contributed by atoms with Crippen molar-refractivity contribution in [2.24, 2.45) is 17.8 Å². The number of unbranched alkanes of at least 4 members (excludes halogenated alkanes) is 1. The first kappa shape index (κ1) is 18.7. The van der Waals surface area contributed by atoms with Gasteiger partial charge in [-0.2, -0.15) is 0 Å². The van der Waals surface area contributed by atoms with Gasteiger partial charge in [0.05, 0.1) is 6.17 Å². The van der Waals surface area contributed by atoms with Gasteiger partial charge in [0.2, 0.25) is 0 Å². The molecule has 1 rings (SSSR count). The van der Waals surface area contributed by atoms with E-state index in [-0.39, 0.29) is 5.54 Å². The van der Waals surface area contributed by atoms with Gasteiger partial charge in [0, 0.05) is 5.54 Å². The average molecular weight is 268 g/mol. The summed E-state index contributed by atoms with van der Waals surface area (Å²) >= 11 is 0. The Bertz CT molecular complexity index is 256. The van der Waals surface area contributed by atoms with Crippen LogP contribution in [0.25, 0.3) is 0 Å². The molecule has 0 fully saturated rings. The molecular weight excluding hydrogens is 232 g/mol. The molecule has 0 aromatic rings. The van der Waals surface area contributed by atoms with Crippen LogP contribution in [0, 0.1) is 17.8 Å². The standard InChI is InChI=1S/C13H26N2.C4H10/c1-9-7-8-12(10(9)2)13(4,5)15-11(3)14-6;1-3-4-2/h7-12,14-15H,1-6H3;3-4H2,1-2H3/t9-,10?,11?,12+;/m1./s1. The molecule has 2 N–H and O–H groups in total.